The van der Waals surface area contributed by atoms with E-state index in [0.29, 0.717) is 10.6 Å². The van der Waals surface area contributed by atoms with Crippen LogP contribution in [0.2, 0.25) is 0 Å². The van der Waals surface area contributed by atoms with Crippen molar-refractivity contribution in [2.24, 2.45) is 5.41 Å². The summed E-state index contributed by atoms with van der Waals surface area (Å²) in [6, 6.07) is 0. The maximum absolute atomic E-state index is 12.3. The molecule has 0 bridgehead atoms. The number of hydrogen-bond donors (Lipinski definition) is 2. The zero-order valence-electron chi connectivity index (χ0n) is 13.3. The molecule has 5 heteroatoms. The van der Waals surface area contributed by atoms with E-state index in [1.165, 1.54) is 11.3 Å². The third-order valence-corrected chi connectivity index (χ3v) is 4.99. The summed E-state index contributed by atoms with van der Waals surface area (Å²) in [5.41, 5.74) is 1.35. The lowest BCUT2D eigenvalue weighted by atomic mass is 9.95. The number of anilines is 1. The van der Waals surface area contributed by atoms with Crippen LogP contribution in [0.15, 0.2) is 0 Å². The third-order valence-electron chi connectivity index (χ3n) is 3.78. The Bertz CT molecular complexity index is 555. The molecule has 2 rings (SSSR count). The standard InChI is InChI=1S/C16H24N2O2S/c1-16(2,3)15(20)18-14-12(13(19)17-4)10-8-6-5-7-9-11(10)21-14/h5-9H2,1-4H3,(H,17,19)(H,18,20). The Morgan fingerprint density at radius 3 is 2.38 bits per heavy atom. The molecule has 2 N–H and O–H groups in total. The van der Waals surface area contributed by atoms with E-state index in [9.17, 15) is 9.59 Å². The van der Waals surface area contributed by atoms with Gasteiger partial charge in [0.1, 0.15) is 5.00 Å². The van der Waals surface area contributed by atoms with Crippen LogP contribution in [0.4, 0.5) is 5.00 Å². The predicted octanol–water partition coefficient (Wildman–Crippen LogP) is 3.36. The zero-order chi connectivity index (χ0) is 15.6. The van der Waals surface area contributed by atoms with Gasteiger partial charge in [-0.2, -0.15) is 0 Å². The molecule has 0 radical (unpaired) electrons. The number of fused-ring (bicyclic) bond motifs is 1. The summed E-state index contributed by atoms with van der Waals surface area (Å²) >= 11 is 1.57. The Morgan fingerprint density at radius 1 is 1.10 bits per heavy atom. The minimum absolute atomic E-state index is 0.0518. The zero-order valence-corrected chi connectivity index (χ0v) is 14.1. The average molecular weight is 308 g/mol. The molecule has 0 aromatic carbocycles. The van der Waals surface area contributed by atoms with Crippen LogP contribution >= 0.6 is 11.3 Å². The van der Waals surface area contributed by atoms with Crippen LogP contribution in [0.1, 0.15) is 60.8 Å². The summed E-state index contributed by atoms with van der Waals surface area (Å²) in [4.78, 5) is 25.8. The van der Waals surface area contributed by atoms with Crippen molar-refractivity contribution >= 4 is 28.2 Å². The Morgan fingerprint density at radius 2 is 1.76 bits per heavy atom. The predicted molar refractivity (Wildman–Crippen MR) is 87.1 cm³/mol. The highest BCUT2D eigenvalue weighted by atomic mass is 32.1. The summed E-state index contributed by atoms with van der Waals surface area (Å²) in [6.07, 6.45) is 5.42. The van der Waals surface area contributed by atoms with Gasteiger partial charge in [-0.3, -0.25) is 9.59 Å². The first kappa shape index (κ1) is 16.0. The van der Waals surface area contributed by atoms with Gasteiger partial charge in [-0.1, -0.05) is 27.2 Å². The SMILES string of the molecule is CNC(=O)c1c(NC(=O)C(C)(C)C)sc2c1CCCCC2. The van der Waals surface area contributed by atoms with Crippen molar-refractivity contribution < 1.29 is 9.59 Å². The van der Waals surface area contributed by atoms with Crippen LogP contribution in [-0.2, 0) is 17.6 Å². The largest absolute Gasteiger partial charge is 0.355 e. The number of carbonyl (C=O) groups is 2. The first-order chi connectivity index (χ1) is 9.84. The summed E-state index contributed by atoms with van der Waals surface area (Å²) in [5, 5.41) is 6.38. The van der Waals surface area contributed by atoms with Crippen molar-refractivity contribution in [3.8, 4) is 0 Å². The van der Waals surface area contributed by atoms with Gasteiger partial charge in [-0.15, -0.1) is 11.3 Å². The first-order valence-corrected chi connectivity index (χ1v) is 8.34. The molecule has 0 saturated heterocycles. The first-order valence-electron chi connectivity index (χ1n) is 7.52. The van der Waals surface area contributed by atoms with E-state index in [0.717, 1.165) is 31.2 Å². The van der Waals surface area contributed by atoms with E-state index in [4.69, 9.17) is 0 Å². The van der Waals surface area contributed by atoms with Crippen molar-refractivity contribution in [3.63, 3.8) is 0 Å². The van der Waals surface area contributed by atoms with Gasteiger partial charge in [-0.05, 0) is 31.2 Å². The fourth-order valence-electron chi connectivity index (χ4n) is 2.49. The van der Waals surface area contributed by atoms with Gasteiger partial charge in [0.2, 0.25) is 5.91 Å². The Kier molecular flexibility index (Phi) is 4.71. The molecule has 1 aromatic heterocycles. The monoisotopic (exact) mass is 308 g/mol. The molecule has 2 amide bonds. The van der Waals surface area contributed by atoms with Crippen molar-refractivity contribution in [2.45, 2.75) is 52.9 Å². The van der Waals surface area contributed by atoms with Crippen molar-refractivity contribution in [1.82, 2.24) is 5.32 Å². The van der Waals surface area contributed by atoms with Crippen LogP contribution in [0.5, 0.6) is 0 Å². The van der Waals surface area contributed by atoms with E-state index < -0.39 is 5.41 Å². The molecule has 0 spiro atoms. The molecule has 21 heavy (non-hydrogen) atoms. The number of rotatable bonds is 2. The van der Waals surface area contributed by atoms with E-state index in [2.05, 4.69) is 10.6 Å². The molecule has 1 heterocycles. The van der Waals surface area contributed by atoms with Crippen LogP contribution in [0.3, 0.4) is 0 Å². The second-order valence-electron chi connectivity index (χ2n) is 6.55. The van der Waals surface area contributed by atoms with Gasteiger partial charge in [0.15, 0.2) is 0 Å². The summed E-state index contributed by atoms with van der Waals surface area (Å²) in [7, 11) is 1.64. The molecule has 1 aliphatic rings. The lowest BCUT2D eigenvalue weighted by molar-refractivity contribution is -0.123. The molecule has 1 aromatic rings. The van der Waals surface area contributed by atoms with Crippen LogP contribution in [-0.4, -0.2) is 18.9 Å². The van der Waals surface area contributed by atoms with Crippen molar-refractivity contribution in [3.05, 3.63) is 16.0 Å². The second kappa shape index (κ2) is 6.18. The number of amides is 2. The number of hydrogen-bond acceptors (Lipinski definition) is 3. The summed E-state index contributed by atoms with van der Waals surface area (Å²) in [6.45, 7) is 5.63. The highest BCUT2D eigenvalue weighted by Crippen LogP contribution is 2.38. The van der Waals surface area contributed by atoms with Crippen LogP contribution in [0.25, 0.3) is 0 Å². The molecule has 1 aliphatic carbocycles. The lowest BCUT2D eigenvalue weighted by Crippen LogP contribution is -2.29. The summed E-state index contributed by atoms with van der Waals surface area (Å²) in [5.74, 6) is -0.150. The van der Waals surface area contributed by atoms with Gasteiger partial charge in [0.05, 0.1) is 5.56 Å². The number of aryl methyl sites for hydroxylation is 1. The maximum atomic E-state index is 12.3. The van der Waals surface area contributed by atoms with Gasteiger partial charge in [0.25, 0.3) is 5.91 Å². The number of nitrogens with one attached hydrogen (secondary N) is 2. The molecule has 0 saturated carbocycles. The normalized spacial score (nSPS) is 15.0. The molecule has 0 unspecified atom stereocenters. The van der Waals surface area contributed by atoms with Crippen molar-refractivity contribution in [2.75, 3.05) is 12.4 Å². The van der Waals surface area contributed by atoms with E-state index in [1.807, 2.05) is 20.8 Å². The number of carbonyl (C=O) groups excluding carboxylic acids is 2. The molecule has 0 aliphatic heterocycles. The van der Waals surface area contributed by atoms with E-state index in [-0.39, 0.29) is 11.8 Å². The summed E-state index contributed by atoms with van der Waals surface area (Å²) < 4.78 is 0. The highest BCUT2D eigenvalue weighted by molar-refractivity contribution is 7.17. The third kappa shape index (κ3) is 3.46. The Hall–Kier alpha value is -1.36. The highest BCUT2D eigenvalue weighted by Gasteiger charge is 2.28. The minimum atomic E-state index is -0.471. The Balaban J connectivity index is 2.41. The minimum Gasteiger partial charge on any atom is -0.355 e. The fourth-order valence-corrected chi connectivity index (χ4v) is 3.77. The topological polar surface area (TPSA) is 58.2 Å². The molecule has 0 atom stereocenters. The van der Waals surface area contributed by atoms with Gasteiger partial charge in [-0.25, -0.2) is 0 Å². The number of thiophene rings is 1. The maximum Gasteiger partial charge on any atom is 0.254 e. The molecular formula is C16H24N2O2S. The smallest absolute Gasteiger partial charge is 0.254 e. The molecule has 0 fully saturated rings. The van der Waals surface area contributed by atoms with E-state index >= 15 is 0 Å². The second-order valence-corrected chi connectivity index (χ2v) is 7.66. The Labute approximate surface area is 130 Å². The molecule has 116 valence electrons. The van der Waals surface area contributed by atoms with E-state index in [1.54, 1.807) is 18.4 Å². The van der Waals surface area contributed by atoms with Crippen molar-refractivity contribution in [1.29, 1.82) is 0 Å². The molecule has 4 nitrogen and oxygen atoms in total. The average Bonchev–Trinajstić information content (AvgIpc) is 2.59. The molecular weight excluding hydrogens is 284 g/mol. The lowest BCUT2D eigenvalue weighted by Gasteiger charge is -2.17. The van der Waals surface area contributed by atoms with Gasteiger partial charge in [0, 0.05) is 17.3 Å². The van der Waals surface area contributed by atoms with Crippen LogP contribution < -0.4 is 10.6 Å². The van der Waals surface area contributed by atoms with Gasteiger partial charge >= 0.3 is 0 Å². The fraction of sp³-hybridized carbons (Fsp3) is 0.625. The van der Waals surface area contributed by atoms with Crippen LogP contribution in [0, 0.1) is 5.41 Å². The van der Waals surface area contributed by atoms with Gasteiger partial charge < -0.3 is 10.6 Å². The quantitative estimate of drug-likeness (QED) is 0.823.